The molecule has 3 rings (SSSR count). The predicted octanol–water partition coefficient (Wildman–Crippen LogP) is 3.48. The van der Waals surface area contributed by atoms with Crippen LogP contribution in [0.2, 0.25) is 0 Å². The van der Waals surface area contributed by atoms with Crippen LogP contribution in [0.5, 0.6) is 11.5 Å². The third-order valence-electron chi connectivity index (χ3n) is 3.57. The summed E-state index contributed by atoms with van der Waals surface area (Å²) in [6.07, 6.45) is 3.59. The van der Waals surface area contributed by atoms with E-state index in [1.54, 1.807) is 6.33 Å². The van der Waals surface area contributed by atoms with Crippen molar-refractivity contribution in [1.29, 1.82) is 0 Å². The van der Waals surface area contributed by atoms with Crippen molar-refractivity contribution in [2.24, 2.45) is 0 Å². The van der Waals surface area contributed by atoms with Gasteiger partial charge < -0.3 is 14.6 Å². The fourth-order valence-electron chi connectivity index (χ4n) is 2.41. The molecule has 0 spiro atoms. The van der Waals surface area contributed by atoms with Crippen molar-refractivity contribution in [2.75, 3.05) is 6.54 Å². The Labute approximate surface area is 140 Å². The van der Waals surface area contributed by atoms with Gasteiger partial charge in [-0.05, 0) is 36.4 Å². The number of nitrogens with zero attached hydrogens (tertiary/aromatic N) is 2. The van der Waals surface area contributed by atoms with Gasteiger partial charge in [-0.3, -0.25) is 4.79 Å². The summed E-state index contributed by atoms with van der Waals surface area (Å²) in [6, 6.07) is 17.6. The van der Waals surface area contributed by atoms with E-state index in [1.165, 1.54) is 6.92 Å². The van der Waals surface area contributed by atoms with E-state index in [9.17, 15) is 4.79 Å². The molecule has 0 aliphatic heterocycles. The van der Waals surface area contributed by atoms with Gasteiger partial charge in [0.15, 0.2) is 0 Å². The van der Waals surface area contributed by atoms with Crippen molar-refractivity contribution in [3.8, 4) is 22.8 Å². The second-order valence-electron chi connectivity index (χ2n) is 5.39. The molecule has 1 heterocycles. The summed E-state index contributed by atoms with van der Waals surface area (Å²) in [5.41, 5.74) is 2.06. The highest BCUT2D eigenvalue weighted by Gasteiger charge is 2.06. The molecule has 5 nitrogen and oxygen atoms in total. The minimum absolute atomic E-state index is 0.0286. The van der Waals surface area contributed by atoms with Crippen molar-refractivity contribution in [3.05, 3.63) is 67.1 Å². The normalized spacial score (nSPS) is 10.4. The van der Waals surface area contributed by atoms with Crippen LogP contribution in [-0.2, 0) is 11.3 Å². The van der Waals surface area contributed by atoms with Gasteiger partial charge in [0, 0.05) is 25.6 Å². The Hall–Kier alpha value is -3.08. The topological polar surface area (TPSA) is 56.2 Å². The average molecular weight is 321 g/mol. The van der Waals surface area contributed by atoms with E-state index in [1.807, 2.05) is 65.4 Å². The van der Waals surface area contributed by atoms with Gasteiger partial charge in [0.25, 0.3) is 0 Å². The zero-order valence-electron chi connectivity index (χ0n) is 13.5. The molecule has 0 bridgehead atoms. The molecule has 0 saturated heterocycles. The number of hydrogen-bond donors (Lipinski definition) is 1. The molecule has 0 aliphatic carbocycles. The van der Waals surface area contributed by atoms with Crippen LogP contribution >= 0.6 is 0 Å². The number of amides is 1. The number of hydrogen-bond acceptors (Lipinski definition) is 3. The first-order valence-electron chi connectivity index (χ1n) is 7.80. The van der Waals surface area contributed by atoms with Crippen molar-refractivity contribution >= 4 is 5.91 Å². The molecule has 3 aromatic rings. The summed E-state index contributed by atoms with van der Waals surface area (Å²) in [5.74, 6) is 1.57. The van der Waals surface area contributed by atoms with E-state index >= 15 is 0 Å². The summed E-state index contributed by atoms with van der Waals surface area (Å²) >= 11 is 0. The van der Waals surface area contributed by atoms with Crippen molar-refractivity contribution in [1.82, 2.24) is 14.9 Å². The molecule has 5 heteroatoms. The average Bonchev–Trinajstić information content (AvgIpc) is 3.05. The van der Waals surface area contributed by atoms with Gasteiger partial charge in [0.1, 0.15) is 11.5 Å². The van der Waals surface area contributed by atoms with E-state index in [0.717, 1.165) is 22.8 Å². The van der Waals surface area contributed by atoms with E-state index in [2.05, 4.69) is 10.3 Å². The van der Waals surface area contributed by atoms with Gasteiger partial charge >= 0.3 is 0 Å². The molecule has 1 aromatic heterocycles. The second-order valence-corrected chi connectivity index (χ2v) is 5.39. The molecular weight excluding hydrogens is 302 g/mol. The third-order valence-corrected chi connectivity index (χ3v) is 3.57. The fraction of sp³-hybridized carbons (Fsp3) is 0.158. The Morgan fingerprint density at radius 1 is 1.08 bits per heavy atom. The highest BCUT2D eigenvalue weighted by Crippen LogP contribution is 2.25. The fourth-order valence-corrected chi connectivity index (χ4v) is 2.41. The van der Waals surface area contributed by atoms with Gasteiger partial charge in [-0.2, -0.15) is 0 Å². The Balaban J connectivity index is 1.70. The Morgan fingerprint density at radius 3 is 2.50 bits per heavy atom. The van der Waals surface area contributed by atoms with Crippen molar-refractivity contribution < 1.29 is 9.53 Å². The lowest BCUT2D eigenvalue weighted by atomic mass is 10.1. The number of ether oxygens (including phenoxy) is 1. The monoisotopic (exact) mass is 321 g/mol. The zero-order valence-corrected chi connectivity index (χ0v) is 13.5. The standard InChI is InChI=1S/C19H19N3O2/c1-15(23)21-11-12-22-14-20-13-19(22)16-7-9-18(10-8-16)24-17-5-3-2-4-6-17/h2-10,13-14H,11-12H2,1H3,(H,21,23). The van der Waals surface area contributed by atoms with Gasteiger partial charge in [0.05, 0.1) is 18.2 Å². The maximum atomic E-state index is 11.0. The third kappa shape index (κ3) is 4.01. The van der Waals surface area contributed by atoms with Crippen LogP contribution < -0.4 is 10.1 Å². The second kappa shape index (κ2) is 7.46. The van der Waals surface area contributed by atoms with Gasteiger partial charge in [-0.25, -0.2) is 4.98 Å². The van der Waals surface area contributed by atoms with Crippen LogP contribution in [0.25, 0.3) is 11.3 Å². The van der Waals surface area contributed by atoms with Crippen LogP contribution in [0.1, 0.15) is 6.92 Å². The smallest absolute Gasteiger partial charge is 0.216 e. The lowest BCUT2D eigenvalue weighted by molar-refractivity contribution is -0.118. The van der Waals surface area contributed by atoms with Gasteiger partial charge in [-0.15, -0.1) is 0 Å². The Bertz CT molecular complexity index is 795. The number of nitrogens with one attached hydrogen (secondary N) is 1. The molecule has 0 unspecified atom stereocenters. The van der Waals surface area contributed by atoms with Crippen LogP contribution in [0.4, 0.5) is 0 Å². The predicted molar refractivity (Wildman–Crippen MR) is 92.9 cm³/mol. The molecule has 0 saturated carbocycles. The molecule has 0 atom stereocenters. The van der Waals surface area contributed by atoms with Crippen LogP contribution in [0.3, 0.4) is 0 Å². The molecule has 0 aliphatic rings. The molecular formula is C19H19N3O2. The minimum atomic E-state index is -0.0286. The van der Waals surface area contributed by atoms with E-state index in [-0.39, 0.29) is 5.91 Å². The SMILES string of the molecule is CC(=O)NCCn1cncc1-c1ccc(Oc2ccccc2)cc1. The highest BCUT2D eigenvalue weighted by atomic mass is 16.5. The molecule has 0 fully saturated rings. The van der Waals surface area contributed by atoms with Gasteiger partial charge in [-0.1, -0.05) is 18.2 Å². The first-order valence-corrected chi connectivity index (χ1v) is 7.80. The molecule has 1 amide bonds. The number of para-hydroxylation sites is 1. The largest absolute Gasteiger partial charge is 0.457 e. The molecule has 2 aromatic carbocycles. The summed E-state index contributed by atoms with van der Waals surface area (Å²) in [6.45, 7) is 2.77. The lowest BCUT2D eigenvalue weighted by Crippen LogP contribution is -2.24. The summed E-state index contributed by atoms with van der Waals surface area (Å²) in [5, 5.41) is 2.79. The van der Waals surface area contributed by atoms with Crippen molar-refractivity contribution in [3.63, 3.8) is 0 Å². The summed E-state index contributed by atoms with van der Waals surface area (Å²) in [4.78, 5) is 15.2. The van der Waals surface area contributed by atoms with Crippen LogP contribution in [-0.4, -0.2) is 22.0 Å². The number of carbonyl (C=O) groups is 1. The summed E-state index contributed by atoms with van der Waals surface area (Å²) in [7, 11) is 0. The number of aromatic nitrogens is 2. The Morgan fingerprint density at radius 2 is 1.79 bits per heavy atom. The van der Waals surface area contributed by atoms with Gasteiger partial charge in [0.2, 0.25) is 5.91 Å². The number of imidazole rings is 1. The quantitative estimate of drug-likeness (QED) is 0.756. The first kappa shape index (κ1) is 15.8. The highest BCUT2D eigenvalue weighted by molar-refractivity contribution is 5.72. The van der Waals surface area contributed by atoms with E-state index in [0.29, 0.717) is 13.1 Å². The number of carbonyl (C=O) groups excluding carboxylic acids is 1. The molecule has 0 radical (unpaired) electrons. The first-order chi connectivity index (χ1) is 11.7. The zero-order chi connectivity index (χ0) is 16.8. The van der Waals surface area contributed by atoms with Crippen LogP contribution in [0.15, 0.2) is 67.1 Å². The number of rotatable bonds is 6. The maximum Gasteiger partial charge on any atom is 0.216 e. The lowest BCUT2D eigenvalue weighted by Gasteiger charge is -2.10. The molecule has 24 heavy (non-hydrogen) atoms. The molecule has 1 N–H and O–H groups in total. The Kier molecular flexibility index (Phi) is 4.91. The number of benzene rings is 2. The molecule has 122 valence electrons. The minimum Gasteiger partial charge on any atom is -0.457 e. The van der Waals surface area contributed by atoms with Crippen molar-refractivity contribution in [2.45, 2.75) is 13.5 Å². The van der Waals surface area contributed by atoms with E-state index in [4.69, 9.17) is 4.74 Å². The summed E-state index contributed by atoms with van der Waals surface area (Å²) < 4.78 is 7.82. The van der Waals surface area contributed by atoms with E-state index < -0.39 is 0 Å². The maximum absolute atomic E-state index is 11.0. The van der Waals surface area contributed by atoms with Crippen LogP contribution in [0, 0.1) is 0 Å².